The van der Waals surface area contributed by atoms with Crippen molar-refractivity contribution in [3.05, 3.63) is 65.1 Å². The van der Waals surface area contributed by atoms with Crippen LogP contribution in [-0.2, 0) is 6.54 Å². The highest BCUT2D eigenvalue weighted by Gasteiger charge is 2.17. The number of hydrogen-bond donors (Lipinski definition) is 2. The summed E-state index contributed by atoms with van der Waals surface area (Å²) in [5.41, 5.74) is 1.03. The molecule has 0 radical (unpaired) electrons. The highest BCUT2D eigenvalue weighted by Crippen LogP contribution is 2.29. The summed E-state index contributed by atoms with van der Waals surface area (Å²) in [5.74, 6) is 0.182. The number of fused-ring (bicyclic) bond motifs is 1. The van der Waals surface area contributed by atoms with Crippen LogP contribution in [0.15, 0.2) is 64.7 Å². The molecule has 6 nitrogen and oxygen atoms in total. The molecular formula is C19H16N4O2S. The number of benzene rings is 2. The molecule has 0 aliphatic carbocycles. The van der Waals surface area contributed by atoms with Gasteiger partial charge in [0.2, 0.25) is 0 Å². The van der Waals surface area contributed by atoms with Crippen molar-refractivity contribution in [2.24, 2.45) is 0 Å². The quantitative estimate of drug-likeness (QED) is 0.547. The van der Waals surface area contributed by atoms with Gasteiger partial charge < -0.3 is 9.67 Å². The first-order valence-electron chi connectivity index (χ1n) is 8.16. The summed E-state index contributed by atoms with van der Waals surface area (Å²) in [7, 11) is 0. The second kappa shape index (κ2) is 6.34. The standard InChI is InChI=1S/C19H16N4O2S/c1-2-22-11-13(10-16(24)18(22)25)17-20-21-19(26)23(17)15-9-5-7-12-6-3-4-8-14(12)15/h3-11,24H,2H2,1H3,(H,21,26). The lowest BCUT2D eigenvalue weighted by atomic mass is 10.1. The minimum absolute atomic E-state index is 0.322. The average Bonchev–Trinajstić information content (AvgIpc) is 3.04. The highest BCUT2D eigenvalue weighted by molar-refractivity contribution is 7.80. The van der Waals surface area contributed by atoms with Crippen molar-refractivity contribution < 1.29 is 5.11 Å². The maximum absolute atomic E-state index is 12.0. The van der Waals surface area contributed by atoms with E-state index >= 15 is 0 Å². The number of thiol groups is 1. The van der Waals surface area contributed by atoms with Gasteiger partial charge in [0, 0.05) is 23.7 Å². The summed E-state index contributed by atoms with van der Waals surface area (Å²) in [6.07, 6.45) is 1.67. The van der Waals surface area contributed by atoms with Crippen molar-refractivity contribution in [3.8, 4) is 22.8 Å². The van der Waals surface area contributed by atoms with E-state index in [1.54, 1.807) is 6.20 Å². The van der Waals surface area contributed by atoms with Gasteiger partial charge in [-0.05, 0) is 24.4 Å². The van der Waals surface area contributed by atoms with Gasteiger partial charge in [0.15, 0.2) is 16.7 Å². The molecule has 130 valence electrons. The van der Waals surface area contributed by atoms with Crippen molar-refractivity contribution in [2.45, 2.75) is 18.6 Å². The monoisotopic (exact) mass is 364 g/mol. The molecule has 0 atom stereocenters. The van der Waals surface area contributed by atoms with Crippen molar-refractivity contribution in [1.29, 1.82) is 0 Å². The van der Waals surface area contributed by atoms with E-state index in [-0.39, 0.29) is 5.75 Å². The molecule has 0 aliphatic rings. The number of nitrogens with zero attached hydrogens (tertiary/aromatic N) is 4. The van der Waals surface area contributed by atoms with Crippen LogP contribution in [0.3, 0.4) is 0 Å². The van der Waals surface area contributed by atoms with Crippen LogP contribution in [0.4, 0.5) is 0 Å². The van der Waals surface area contributed by atoms with E-state index in [2.05, 4.69) is 22.8 Å². The Balaban J connectivity index is 2.01. The zero-order valence-electron chi connectivity index (χ0n) is 14.0. The van der Waals surface area contributed by atoms with Crippen LogP contribution in [-0.4, -0.2) is 24.4 Å². The Morgan fingerprint density at radius 2 is 1.88 bits per heavy atom. The molecule has 2 aromatic carbocycles. The topological polar surface area (TPSA) is 72.9 Å². The maximum atomic E-state index is 12.0. The molecule has 2 heterocycles. The number of hydrogen-bond acceptors (Lipinski definition) is 5. The number of aryl methyl sites for hydroxylation is 1. The molecule has 1 N–H and O–H groups in total. The van der Waals surface area contributed by atoms with Crippen molar-refractivity contribution in [3.63, 3.8) is 0 Å². The minimum Gasteiger partial charge on any atom is -0.503 e. The molecule has 0 fully saturated rings. The fourth-order valence-electron chi connectivity index (χ4n) is 3.07. The summed E-state index contributed by atoms with van der Waals surface area (Å²) < 4.78 is 3.25. The third kappa shape index (κ3) is 2.57. The van der Waals surface area contributed by atoms with E-state index in [1.807, 2.05) is 54.0 Å². The van der Waals surface area contributed by atoms with Crippen LogP contribution in [0, 0.1) is 0 Å². The van der Waals surface area contributed by atoms with Crippen LogP contribution in [0.1, 0.15) is 6.92 Å². The predicted octanol–water partition coefficient (Wildman–Crippen LogP) is 3.26. The van der Waals surface area contributed by atoms with Gasteiger partial charge in [0.05, 0.1) is 5.69 Å². The molecule has 0 bridgehead atoms. The lowest BCUT2D eigenvalue weighted by Gasteiger charge is -2.12. The summed E-state index contributed by atoms with van der Waals surface area (Å²) >= 11 is 4.46. The Hall–Kier alpha value is -3.06. The lowest BCUT2D eigenvalue weighted by Crippen LogP contribution is -2.18. The van der Waals surface area contributed by atoms with E-state index in [4.69, 9.17) is 0 Å². The van der Waals surface area contributed by atoms with E-state index in [0.717, 1.165) is 16.5 Å². The van der Waals surface area contributed by atoms with Crippen LogP contribution in [0.25, 0.3) is 27.8 Å². The number of aromatic hydroxyl groups is 1. The molecule has 26 heavy (non-hydrogen) atoms. The fourth-order valence-corrected chi connectivity index (χ4v) is 3.31. The van der Waals surface area contributed by atoms with E-state index < -0.39 is 5.56 Å². The van der Waals surface area contributed by atoms with Crippen molar-refractivity contribution in [2.75, 3.05) is 0 Å². The van der Waals surface area contributed by atoms with Crippen LogP contribution in [0.5, 0.6) is 5.75 Å². The highest BCUT2D eigenvalue weighted by atomic mass is 32.1. The molecule has 0 aliphatic heterocycles. The first-order chi connectivity index (χ1) is 12.6. The minimum atomic E-state index is -0.432. The third-order valence-corrected chi connectivity index (χ3v) is 4.61. The van der Waals surface area contributed by atoms with E-state index in [1.165, 1.54) is 10.6 Å². The van der Waals surface area contributed by atoms with Gasteiger partial charge in [0.1, 0.15) is 0 Å². The Kier molecular flexibility index (Phi) is 4.00. The molecule has 0 saturated heterocycles. The molecule has 0 amide bonds. The molecule has 4 rings (SSSR count). The smallest absolute Gasteiger partial charge is 0.292 e. The molecule has 4 aromatic rings. The number of rotatable bonds is 3. The summed E-state index contributed by atoms with van der Waals surface area (Å²) in [6.45, 7) is 2.28. The van der Waals surface area contributed by atoms with E-state index in [0.29, 0.717) is 23.1 Å². The molecule has 0 spiro atoms. The summed E-state index contributed by atoms with van der Waals surface area (Å²) in [5, 5.41) is 20.9. The van der Waals surface area contributed by atoms with Crippen molar-refractivity contribution >= 4 is 23.4 Å². The first-order valence-corrected chi connectivity index (χ1v) is 8.61. The van der Waals surface area contributed by atoms with E-state index in [9.17, 15) is 9.90 Å². The number of pyridine rings is 1. The van der Waals surface area contributed by atoms with Gasteiger partial charge in [-0.1, -0.05) is 36.4 Å². The molecule has 0 saturated carbocycles. The second-order valence-electron chi connectivity index (χ2n) is 5.86. The van der Waals surface area contributed by atoms with Gasteiger partial charge in [-0.15, -0.1) is 22.8 Å². The predicted molar refractivity (Wildman–Crippen MR) is 103 cm³/mol. The van der Waals surface area contributed by atoms with Gasteiger partial charge in [0.25, 0.3) is 5.56 Å². The van der Waals surface area contributed by atoms with Gasteiger partial charge in [-0.2, -0.15) is 0 Å². The van der Waals surface area contributed by atoms with Gasteiger partial charge in [-0.3, -0.25) is 9.36 Å². The fraction of sp³-hybridized carbons (Fsp3) is 0.105. The van der Waals surface area contributed by atoms with Crippen LogP contribution >= 0.6 is 12.6 Å². The van der Waals surface area contributed by atoms with Crippen LogP contribution in [0.2, 0.25) is 0 Å². The normalized spacial score (nSPS) is 11.2. The number of aromatic nitrogens is 4. The Bertz CT molecular complexity index is 1170. The Morgan fingerprint density at radius 1 is 1.12 bits per heavy atom. The second-order valence-corrected chi connectivity index (χ2v) is 6.26. The first kappa shape index (κ1) is 16.4. The molecular weight excluding hydrogens is 348 g/mol. The summed E-state index contributed by atoms with van der Waals surface area (Å²) in [4.78, 5) is 12.0. The molecule has 0 unspecified atom stereocenters. The van der Waals surface area contributed by atoms with Crippen LogP contribution < -0.4 is 5.56 Å². The lowest BCUT2D eigenvalue weighted by molar-refractivity contribution is 0.458. The maximum Gasteiger partial charge on any atom is 0.292 e. The SMILES string of the molecule is CCn1cc(-c2nnc(S)n2-c2cccc3ccccc23)cc(O)c1=O. The Morgan fingerprint density at radius 3 is 2.69 bits per heavy atom. The Labute approximate surface area is 154 Å². The largest absolute Gasteiger partial charge is 0.503 e. The van der Waals surface area contributed by atoms with Gasteiger partial charge in [-0.25, -0.2) is 0 Å². The molecule has 7 heteroatoms. The van der Waals surface area contributed by atoms with Crippen molar-refractivity contribution in [1.82, 2.24) is 19.3 Å². The third-order valence-electron chi connectivity index (χ3n) is 4.32. The molecule has 2 aromatic heterocycles. The summed E-state index contributed by atoms with van der Waals surface area (Å²) in [6, 6.07) is 15.4. The zero-order chi connectivity index (χ0) is 18.3. The zero-order valence-corrected chi connectivity index (χ0v) is 14.9. The van der Waals surface area contributed by atoms with Gasteiger partial charge >= 0.3 is 0 Å². The average molecular weight is 364 g/mol.